The van der Waals surface area contributed by atoms with Crippen LogP contribution in [0.1, 0.15) is 31.9 Å². The predicted octanol–water partition coefficient (Wildman–Crippen LogP) is 1.84. The highest BCUT2D eigenvalue weighted by atomic mass is 35.5. The van der Waals surface area contributed by atoms with E-state index in [1.807, 2.05) is 47.1 Å². The van der Waals surface area contributed by atoms with Gasteiger partial charge in [0.05, 0.1) is 12.0 Å². The Morgan fingerprint density at radius 3 is 2.62 bits per heavy atom. The van der Waals surface area contributed by atoms with Crippen molar-refractivity contribution < 1.29 is 9.59 Å². The van der Waals surface area contributed by atoms with Crippen molar-refractivity contribution in [1.82, 2.24) is 15.1 Å². The van der Waals surface area contributed by atoms with Gasteiger partial charge in [-0.2, -0.15) is 0 Å². The highest BCUT2D eigenvalue weighted by Gasteiger charge is 2.39. The Balaban J connectivity index is 0.00000208. The number of likely N-dealkylation sites (tertiary alicyclic amines) is 1. The molecule has 5 nitrogen and oxygen atoms in total. The first kappa shape index (κ1) is 18.7. The molecule has 0 aliphatic carbocycles. The van der Waals surface area contributed by atoms with Crippen LogP contribution in [0.5, 0.6) is 0 Å². The molecule has 3 atom stereocenters. The molecule has 2 amide bonds. The Morgan fingerprint density at radius 2 is 1.96 bits per heavy atom. The Labute approximate surface area is 149 Å². The third-order valence-electron chi connectivity index (χ3n) is 4.94. The molecule has 1 N–H and O–H groups in total. The summed E-state index contributed by atoms with van der Waals surface area (Å²) in [5.74, 6) is 0.0244. The number of carbonyl (C=O) groups is 2. The summed E-state index contributed by atoms with van der Waals surface area (Å²) in [6, 6.07) is 10.3. The number of hydrogen-bond donors (Lipinski definition) is 1. The third-order valence-corrected chi connectivity index (χ3v) is 4.94. The molecule has 1 aromatic rings. The lowest BCUT2D eigenvalue weighted by atomic mass is 10.1. The van der Waals surface area contributed by atoms with E-state index in [9.17, 15) is 9.59 Å². The van der Waals surface area contributed by atoms with Gasteiger partial charge in [0, 0.05) is 38.6 Å². The minimum Gasteiger partial charge on any atom is -0.340 e. The van der Waals surface area contributed by atoms with E-state index in [0.29, 0.717) is 19.0 Å². The third kappa shape index (κ3) is 3.90. The number of amides is 2. The topological polar surface area (TPSA) is 52.7 Å². The minimum absolute atomic E-state index is 0. The molecule has 1 aromatic carbocycles. The number of nitrogens with zero attached hydrogens (tertiary/aromatic N) is 2. The van der Waals surface area contributed by atoms with Crippen molar-refractivity contribution in [3.8, 4) is 0 Å². The fourth-order valence-corrected chi connectivity index (χ4v) is 3.57. The number of benzene rings is 1. The number of piperazine rings is 1. The maximum Gasteiger partial charge on any atom is 0.228 e. The SMILES string of the molecule is CC1CN(C(=O)C2CC(=O)N(C(C)c3ccccc3)C2)CCN1.Cl. The molecule has 3 rings (SSSR count). The second kappa shape index (κ2) is 7.99. The van der Waals surface area contributed by atoms with E-state index < -0.39 is 0 Å². The van der Waals surface area contributed by atoms with E-state index in [0.717, 1.165) is 25.2 Å². The molecule has 2 fully saturated rings. The summed E-state index contributed by atoms with van der Waals surface area (Å²) >= 11 is 0. The van der Waals surface area contributed by atoms with Gasteiger partial charge in [0.1, 0.15) is 0 Å². The fourth-order valence-electron chi connectivity index (χ4n) is 3.57. The van der Waals surface area contributed by atoms with Crippen LogP contribution in [0.15, 0.2) is 30.3 Å². The summed E-state index contributed by atoms with van der Waals surface area (Å²) < 4.78 is 0. The van der Waals surface area contributed by atoms with Gasteiger partial charge in [0.25, 0.3) is 0 Å². The molecule has 2 aliphatic heterocycles. The molecule has 24 heavy (non-hydrogen) atoms. The molecule has 0 saturated carbocycles. The Kier molecular flexibility index (Phi) is 6.24. The van der Waals surface area contributed by atoms with Crippen LogP contribution in [0.2, 0.25) is 0 Å². The summed E-state index contributed by atoms with van der Waals surface area (Å²) in [6.07, 6.45) is 0.342. The van der Waals surface area contributed by atoms with Crippen LogP contribution in [0.4, 0.5) is 0 Å². The molecular weight excluding hydrogens is 326 g/mol. The lowest BCUT2D eigenvalue weighted by molar-refractivity contribution is -0.136. The van der Waals surface area contributed by atoms with Crippen LogP contribution in [0, 0.1) is 5.92 Å². The molecule has 6 heteroatoms. The fraction of sp³-hybridized carbons (Fsp3) is 0.556. The van der Waals surface area contributed by atoms with Crippen LogP contribution < -0.4 is 5.32 Å². The van der Waals surface area contributed by atoms with Gasteiger partial charge >= 0.3 is 0 Å². The first-order valence-electron chi connectivity index (χ1n) is 8.43. The van der Waals surface area contributed by atoms with Crippen LogP contribution >= 0.6 is 12.4 Å². The van der Waals surface area contributed by atoms with Crippen LogP contribution in [-0.4, -0.2) is 53.8 Å². The van der Waals surface area contributed by atoms with Crippen molar-refractivity contribution in [3.63, 3.8) is 0 Å². The van der Waals surface area contributed by atoms with E-state index in [-0.39, 0.29) is 36.2 Å². The summed E-state index contributed by atoms with van der Waals surface area (Å²) in [4.78, 5) is 28.9. The largest absolute Gasteiger partial charge is 0.340 e. The number of rotatable bonds is 3. The van der Waals surface area contributed by atoms with E-state index in [1.54, 1.807) is 0 Å². The maximum absolute atomic E-state index is 12.7. The number of hydrogen-bond acceptors (Lipinski definition) is 3. The molecule has 2 heterocycles. The van der Waals surface area contributed by atoms with Gasteiger partial charge in [-0.3, -0.25) is 9.59 Å². The normalized spacial score (nSPS) is 25.3. The van der Waals surface area contributed by atoms with Gasteiger partial charge in [-0.05, 0) is 19.4 Å². The van der Waals surface area contributed by atoms with E-state index in [4.69, 9.17) is 0 Å². The molecule has 132 valence electrons. The quantitative estimate of drug-likeness (QED) is 0.904. The second-order valence-corrected chi connectivity index (χ2v) is 6.67. The first-order chi connectivity index (χ1) is 11.1. The predicted molar refractivity (Wildman–Crippen MR) is 96.0 cm³/mol. The first-order valence-corrected chi connectivity index (χ1v) is 8.43. The standard InChI is InChI=1S/C18H25N3O2.ClH/c1-13-11-20(9-8-19-13)18(23)16-10-17(22)21(12-16)14(2)15-6-4-3-5-7-15;/h3-7,13-14,16,19H,8-12H2,1-2H3;1H. The number of carbonyl (C=O) groups excluding carboxylic acids is 2. The molecule has 0 bridgehead atoms. The van der Waals surface area contributed by atoms with Crippen molar-refractivity contribution in [3.05, 3.63) is 35.9 Å². The lowest BCUT2D eigenvalue weighted by Crippen LogP contribution is -2.53. The van der Waals surface area contributed by atoms with Gasteiger partial charge in [-0.25, -0.2) is 0 Å². The highest BCUT2D eigenvalue weighted by molar-refractivity contribution is 5.89. The Morgan fingerprint density at radius 1 is 1.25 bits per heavy atom. The summed E-state index contributed by atoms with van der Waals surface area (Å²) in [5.41, 5.74) is 1.12. The summed E-state index contributed by atoms with van der Waals surface area (Å²) in [6.45, 7) is 6.96. The average Bonchev–Trinajstić information content (AvgIpc) is 2.96. The summed E-state index contributed by atoms with van der Waals surface area (Å²) in [7, 11) is 0. The zero-order chi connectivity index (χ0) is 16.4. The van der Waals surface area contributed by atoms with Gasteiger partial charge < -0.3 is 15.1 Å². The van der Waals surface area contributed by atoms with E-state index in [1.165, 1.54) is 0 Å². The molecule has 2 saturated heterocycles. The van der Waals surface area contributed by atoms with Gasteiger partial charge in [0.15, 0.2) is 0 Å². The minimum atomic E-state index is -0.195. The Bertz CT molecular complexity index is 581. The van der Waals surface area contributed by atoms with Crippen molar-refractivity contribution in [2.75, 3.05) is 26.2 Å². The van der Waals surface area contributed by atoms with Crippen molar-refractivity contribution in [1.29, 1.82) is 0 Å². The number of halogens is 1. The molecule has 0 spiro atoms. The molecular formula is C18H26ClN3O2. The maximum atomic E-state index is 12.7. The zero-order valence-corrected chi connectivity index (χ0v) is 15.1. The number of nitrogens with one attached hydrogen (secondary N) is 1. The second-order valence-electron chi connectivity index (χ2n) is 6.67. The van der Waals surface area contributed by atoms with Crippen molar-refractivity contribution in [2.45, 2.75) is 32.4 Å². The zero-order valence-electron chi connectivity index (χ0n) is 14.3. The van der Waals surface area contributed by atoms with Crippen LogP contribution in [0.3, 0.4) is 0 Å². The smallest absolute Gasteiger partial charge is 0.228 e. The van der Waals surface area contributed by atoms with Crippen molar-refractivity contribution in [2.24, 2.45) is 5.92 Å². The van der Waals surface area contributed by atoms with E-state index >= 15 is 0 Å². The van der Waals surface area contributed by atoms with Crippen LogP contribution in [0.25, 0.3) is 0 Å². The van der Waals surface area contributed by atoms with Gasteiger partial charge in [0.2, 0.25) is 11.8 Å². The van der Waals surface area contributed by atoms with Gasteiger partial charge in [-0.1, -0.05) is 30.3 Å². The Hall–Kier alpha value is -1.59. The monoisotopic (exact) mass is 351 g/mol. The van der Waals surface area contributed by atoms with Crippen molar-refractivity contribution >= 4 is 24.2 Å². The highest BCUT2D eigenvalue weighted by Crippen LogP contribution is 2.29. The molecule has 0 radical (unpaired) electrons. The summed E-state index contributed by atoms with van der Waals surface area (Å²) in [5, 5.41) is 3.34. The molecule has 2 aliphatic rings. The lowest BCUT2D eigenvalue weighted by Gasteiger charge is -2.33. The molecule has 3 unspecified atom stereocenters. The van der Waals surface area contributed by atoms with Gasteiger partial charge in [-0.15, -0.1) is 12.4 Å². The average molecular weight is 352 g/mol. The van der Waals surface area contributed by atoms with E-state index in [2.05, 4.69) is 12.2 Å². The van der Waals surface area contributed by atoms with Crippen LogP contribution in [-0.2, 0) is 9.59 Å². The molecule has 0 aromatic heterocycles.